The number of aliphatic hydroxyl groups is 1. The highest BCUT2D eigenvalue weighted by Gasteiger charge is 2.34. The van der Waals surface area contributed by atoms with Gasteiger partial charge in [-0.25, -0.2) is 8.42 Å². The molecule has 0 bridgehead atoms. The SMILES string of the molecule is O=C(CCS(=O)(=O)c1ccccc1)N1C[C@@H](Cc2ccccn2)[C@H](O)C1. The van der Waals surface area contributed by atoms with Gasteiger partial charge in [0, 0.05) is 37.3 Å². The summed E-state index contributed by atoms with van der Waals surface area (Å²) in [6.07, 6.45) is 1.59. The third kappa shape index (κ3) is 4.47. The highest BCUT2D eigenvalue weighted by Crippen LogP contribution is 2.22. The van der Waals surface area contributed by atoms with Gasteiger partial charge in [0.05, 0.1) is 16.8 Å². The van der Waals surface area contributed by atoms with Crippen molar-refractivity contribution in [2.45, 2.75) is 23.8 Å². The van der Waals surface area contributed by atoms with E-state index in [4.69, 9.17) is 0 Å². The lowest BCUT2D eigenvalue weighted by atomic mass is 10.00. The molecule has 1 saturated heterocycles. The van der Waals surface area contributed by atoms with E-state index in [1.165, 1.54) is 12.1 Å². The predicted molar refractivity (Wildman–Crippen MR) is 97.1 cm³/mol. The van der Waals surface area contributed by atoms with Gasteiger partial charge in [-0.2, -0.15) is 0 Å². The number of pyridine rings is 1. The number of carbonyl (C=O) groups is 1. The zero-order chi connectivity index (χ0) is 18.6. The van der Waals surface area contributed by atoms with Gasteiger partial charge < -0.3 is 10.0 Å². The van der Waals surface area contributed by atoms with E-state index in [1.54, 1.807) is 29.3 Å². The maximum Gasteiger partial charge on any atom is 0.223 e. The first-order valence-electron chi connectivity index (χ1n) is 8.59. The Hall–Kier alpha value is -2.25. The Labute approximate surface area is 153 Å². The Kier molecular flexibility index (Phi) is 5.68. The number of β-amino-alcohol motifs (C(OH)–C–C–N with tert-alkyl or cyclic N) is 1. The molecule has 1 aliphatic rings. The molecule has 1 N–H and O–H groups in total. The molecule has 0 saturated carbocycles. The van der Waals surface area contributed by atoms with Gasteiger partial charge in [0.15, 0.2) is 9.84 Å². The van der Waals surface area contributed by atoms with E-state index in [0.717, 1.165) is 5.69 Å². The number of rotatable bonds is 6. The number of sulfone groups is 1. The summed E-state index contributed by atoms with van der Waals surface area (Å²) in [6, 6.07) is 13.7. The lowest BCUT2D eigenvalue weighted by molar-refractivity contribution is -0.130. The summed E-state index contributed by atoms with van der Waals surface area (Å²) in [5.74, 6) is -0.556. The van der Waals surface area contributed by atoms with Gasteiger partial charge >= 0.3 is 0 Å². The van der Waals surface area contributed by atoms with Crippen LogP contribution in [0.5, 0.6) is 0 Å². The summed E-state index contributed by atoms with van der Waals surface area (Å²) in [7, 11) is -3.48. The maximum absolute atomic E-state index is 12.4. The molecule has 1 aromatic heterocycles. The summed E-state index contributed by atoms with van der Waals surface area (Å²) in [5.41, 5.74) is 0.873. The Morgan fingerprint density at radius 1 is 1.12 bits per heavy atom. The number of benzene rings is 1. The minimum absolute atomic E-state index is 0.0831. The molecule has 1 amide bonds. The van der Waals surface area contributed by atoms with Gasteiger partial charge in [0.25, 0.3) is 0 Å². The fraction of sp³-hybridized carbons (Fsp3) is 0.368. The van der Waals surface area contributed by atoms with Gasteiger partial charge in [-0.05, 0) is 30.7 Å². The lowest BCUT2D eigenvalue weighted by Crippen LogP contribution is -2.31. The summed E-state index contributed by atoms with van der Waals surface area (Å²) in [4.78, 5) is 18.4. The normalized spacial score (nSPS) is 20.3. The topological polar surface area (TPSA) is 87.6 Å². The van der Waals surface area contributed by atoms with Crippen molar-refractivity contribution >= 4 is 15.7 Å². The number of aliphatic hydroxyl groups excluding tert-OH is 1. The summed E-state index contributed by atoms with van der Waals surface area (Å²) in [6.45, 7) is 0.656. The third-order valence-electron chi connectivity index (χ3n) is 4.64. The Morgan fingerprint density at radius 3 is 2.54 bits per heavy atom. The average molecular weight is 374 g/mol. The van der Waals surface area contributed by atoms with Crippen molar-refractivity contribution in [3.05, 3.63) is 60.4 Å². The van der Waals surface area contributed by atoms with Crippen LogP contribution in [-0.4, -0.2) is 54.3 Å². The molecule has 1 aliphatic heterocycles. The Morgan fingerprint density at radius 2 is 1.85 bits per heavy atom. The molecule has 1 aromatic carbocycles. The van der Waals surface area contributed by atoms with Crippen LogP contribution < -0.4 is 0 Å². The van der Waals surface area contributed by atoms with Crippen molar-refractivity contribution in [2.75, 3.05) is 18.8 Å². The van der Waals surface area contributed by atoms with E-state index in [0.29, 0.717) is 13.0 Å². The highest BCUT2D eigenvalue weighted by atomic mass is 32.2. The molecular formula is C19H22N2O4S. The fourth-order valence-corrected chi connectivity index (χ4v) is 4.42. The largest absolute Gasteiger partial charge is 0.391 e. The number of hydrogen-bond acceptors (Lipinski definition) is 5. The zero-order valence-electron chi connectivity index (χ0n) is 14.4. The number of amides is 1. The number of carbonyl (C=O) groups excluding carboxylic acids is 1. The zero-order valence-corrected chi connectivity index (χ0v) is 15.2. The molecule has 1 fully saturated rings. The maximum atomic E-state index is 12.4. The molecular weight excluding hydrogens is 352 g/mol. The smallest absolute Gasteiger partial charge is 0.223 e. The highest BCUT2D eigenvalue weighted by molar-refractivity contribution is 7.91. The van der Waals surface area contributed by atoms with Crippen LogP contribution in [-0.2, 0) is 21.1 Å². The molecule has 3 rings (SSSR count). The van der Waals surface area contributed by atoms with E-state index in [9.17, 15) is 18.3 Å². The van der Waals surface area contributed by atoms with Crippen molar-refractivity contribution in [1.82, 2.24) is 9.88 Å². The standard InChI is InChI=1S/C19H22N2O4S/c22-18-14-21(13-15(18)12-16-6-4-5-10-20-16)19(23)9-11-26(24,25)17-7-2-1-3-8-17/h1-8,10,15,18,22H,9,11-14H2/t15-,18-/m1/s1. The third-order valence-corrected chi connectivity index (χ3v) is 6.38. The van der Waals surface area contributed by atoms with Crippen molar-refractivity contribution < 1.29 is 18.3 Å². The minimum atomic E-state index is -3.48. The Bertz CT molecular complexity index is 840. The van der Waals surface area contributed by atoms with Crippen LogP contribution in [0.1, 0.15) is 12.1 Å². The van der Waals surface area contributed by atoms with Crippen molar-refractivity contribution in [3.63, 3.8) is 0 Å². The van der Waals surface area contributed by atoms with E-state index >= 15 is 0 Å². The second-order valence-electron chi connectivity index (χ2n) is 6.53. The minimum Gasteiger partial charge on any atom is -0.391 e. The first-order chi connectivity index (χ1) is 12.5. The Balaban J connectivity index is 1.56. The van der Waals surface area contributed by atoms with Crippen LogP contribution in [0.2, 0.25) is 0 Å². The first-order valence-corrected chi connectivity index (χ1v) is 10.2. The molecule has 0 spiro atoms. The number of aromatic nitrogens is 1. The molecule has 2 aromatic rings. The summed E-state index contributed by atoms with van der Waals surface area (Å²) in [5, 5.41) is 10.2. The molecule has 0 unspecified atom stereocenters. The molecule has 2 atom stereocenters. The molecule has 26 heavy (non-hydrogen) atoms. The van der Waals surface area contributed by atoms with Crippen LogP contribution in [0.4, 0.5) is 0 Å². The monoisotopic (exact) mass is 374 g/mol. The fourth-order valence-electron chi connectivity index (χ4n) is 3.17. The van der Waals surface area contributed by atoms with Gasteiger partial charge in [-0.1, -0.05) is 24.3 Å². The van der Waals surface area contributed by atoms with Crippen LogP contribution in [0.15, 0.2) is 59.6 Å². The van der Waals surface area contributed by atoms with E-state index in [-0.39, 0.29) is 35.4 Å². The molecule has 7 heteroatoms. The predicted octanol–water partition coefficient (Wildman–Crippen LogP) is 1.31. The summed E-state index contributed by atoms with van der Waals surface area (Å²) < 4.78 is 24.6. The molecule has 138 valence electrons. The quantitative estimate of drug-likeness (QED) is 0.824. The lowest BCUT2D eigenvalue weighted by Gasteiger charge is -2.16. The molecule has 0 radical (unpaired) electrons. The van der Waals surface area contributed by atoms with Gasteiger partial charge in [0.1, 0.15) is 0 Å². The second kappa shape index (κ2) is 7.97. The first kappa shape index (κ1) is 18.5. The van der Waals surface area contributed by atoms with Crippen LogP contribution >= 0.6 is 0 Å². The van der Waals surface area contributed by atoms with Crippen molar-refractivity contribution in [1.29, 1.82) is 0 Å². The van der Waals surface area contributed by atoms with Crippen LogP contribution in [0.25, 0.3) is 0 Å². The van der Waals surface area contributed by atoms with Gasteiger partial charge in [-0.3, -0.25) is 9.78 Å². The van der Waals surface area contributed by atoms with Gasteiger partial charge in [-0.15, -0.1) is 0 Å². The van der Waals surface area contributed by atoms with Crippen LogP contribution in [0.3, 0.4) is 0 Å². The second-order valence-corrected chi connectivity index (χ2v) is 8.64. The molecule has 6 nitrogen and oxygen atoms in total. The van der Waals surface area contributed by atoms with Crippen LogP contribution in [0, 0.1) is 5.92 Å². The van der Waals surface area contributed by atoms with Crippen molar-refractivity contribution in [2.24, 2.45) is 5.92 Å². The summed E-state index contributed by atoms with van der Waals surface area (Å²) >= 11 is 0. The number of likely N-dealkylation sites (tertiary alicyclic amines) is 1. The number of hydrogen-bond donors (Lipinski definition) is 1. The van der Waals surface area contributed by atoms with Crippen molar-refractivity contribution in [3.8, 4) is 0 Å². The van der Waals surface area contributed by atoms with E-state index < -0.39 is 15.9 Å². The van der Waals surface area contributed by atoms with E-state index in [2.05, 4.69) is 4.98 Å². The molecule has 2 heterocycles. The molecule has 0 aliphatic carbocycles. The average Bonchev–Trinajstić information content (AvgIpc) is 3.02. The van der Waals surface area contributed by atoms with E-state index in [1.807, 2.05) is 18.2 Å². The van der Waals surface area contributed by atoms with Gasteiger partial charge in [0.2, 0.25) is 5.91 Å². The number of nitrogens with zero attached hydrogens (tertiary/aromatic N) is 2.